The molecule has 0 aliphatic heterocycles. The molecule has 20 heavy (non-hydrogen) atoms. The largest absolute Gasteiger partial charge is 0.376 e. The fraction of sp³-hybridized carbons (Fsp3) is 0.750. The first-order valence-corrected chi connectivity index (χ1v) is 7.91. The lowest BCUT2D eigenvalue weighted by molar-refractivity contribution is -0.128. The number of nitrogens with zero attached hydrogens (tertiary/aromatic N) is 2. The molecule has 0 radical (unpaired) electrons. The second-order valence-electron chi connectivity index (χ2n) is 7.01. The number of hydrogen-bond donors (Lipinski definition) is 1. The highest BCUT2D eigenvalue weighted by Crippen LogP contribution is 2.54. The van der Waals surface area contributed by atoms with E-state index in [0.29, 0.717) is 12.7 Å². The molecule has 1 atom stereocenters. The van der Waals surface area contributed by atoms with Crippen molar-refractivity contribution in [1.29, 1.82) is 0 Å². The minimum absolute atomic E-state index is 0.103. The third kappa shape index (κ3) is 2.25. The van der Waals surface area contributed by atoms with E-state index in [1.165, 1.54) is 38.4 Å². The Kier molecular flexibility index (Phi) is 3.23. The minimum Gasteiger partial charge on any atom is -0.376 e. The Hall–Kier alpha value is -1.00. The molecule has 0 saturated heterocycles. The van der Waals surface area contributed by atoms with Crippen molar-refractivity contribution < 1.29 is 4.74 Å². The first-order chi connectivity index (χ1) is 9.79. The van der Waals surface area contributed by atoms with Crippen LogP contribution in [0, 0.1) is 23.7 Å². The van der Waals surface area contributed by atoms with E-state index in [-0.39, 0.29) is 6.04 Å². The van der Waals surface area contributed by atoms with E-state index in [2.05, 4.69) is 9.97 Å². The first kappa shape index (κ1) is 12.7. The average Bonchev–Trinajstić information content (AvgIpc) is 2.46. The zero-order valence-corrected chi connectivity index (χ0v) is 11.8. The highest BCUT2D eigenvalue weighted by Gasteiger charge is 2.48. The van der Waals surface area contributed by atoms with Gasteiger partial charge in [-0.25, -0.2) is 9.97 Å². The predicted molar refractivity (Wildman–Crippen MR) is 75.7 cm³/mol. The van der Waals surface area contributed by atoms with E-state index in [4.69, 9.17) is 10.5 Å². The third-order valence-corrected chi connectivity index (χ3v) is 5.62. The fourth-order valence-electron chi connectivity index (χ4n) is 4.96. The summed E-state index contributed by atoms with van der Waals surface area (Å²) in [5, 5.41) is 0. The van der Waals surface area contributed by atoms with Crippen LogP contribution in [0.5, 0.6) is 0 Å². The summed E-state index contributed by atoms with van der Waals surface area (Å²) < 4.78 is 6.25. The van der Waals surface area contributed by atoms with E-state index in [1.54, 1.807) is 12.4 Å². The van der Waals surface area contributed by atoms with Gasteiger partial charge in [0.2, 0.25) is 0 Å². The smallest absolute Gasteiger partial charge is 0.115 e. The van der Waals surface area contributed by atoms with Crippen LogP contribution < -0.4 is 5.73 Å². The lowest BCUT2D eigenvalue weighted by Gasteiger charge is -2.54. The molecule has 1 heterocycles. The van der Waals surface area contributed by atoms with Crippen LogP contribution in [0.2, 0.25) is 0 Å². The maximum atomic E-state index is 6.25. The van der Waals surface area contributed by atoms with Crippen LogP contribution in [-0.4, -0.2) is 22.7 Å². The second kappa shape index (κ2) is 5.08. The van der Waals surface area contributed by atoms with Gasteiger partial charge in [-0.3, -0.25) is 0 Å². The van der Waals surface area contributed by atoms with Gasteiger partial charge in [0.1, 0.15) is 6.33 Å². The van der Waals surface area contributed by atoms with Crippen molar-refractivity contribution in [3.63, 3.8) is 0 Å². The molecule has 1 unspecified atom stereocenters. The van der Waals surface area contributed by atoms with E-state index < -0.39 is 0 Å². The van der Waals surface area contributed by atoms with Crippen LogP contribution in [0.15, 0.2) is 18.7 Å². The molecule has 4 bridgehead atoms. The summed E-state index contributed by atoms with van der Waals surface area (Å²) in [6, 6.07) is -0.103. The maximum absolute atomic E-state index is 6.25. The number of rotatable bonds is 4. The van der Waals surface area contributed by atoms with E-state index >= 15 is 0 Å². The Morgan fingerprint density at radius 3 is 2.25 bits per heavy atom. The van der Waals surface area contributed by atoms with E-state index in [0.717, 1.165) is 29.2 Å². The maximum Gasteiger partial charge on any atom is 0.115 e. The van der Waals surface area contributed by atoms with Crippen LogP contribution in [-0.2, 0) is 4.74 Å². The summed E-state index contributed by atoms with van der Waals surface area (Å²) in [6.07, 6.45) is 12.6. The van der Waals surface area contributed by atoms with Gasteiger partial charge < -0.3 is 10.5 Å². The first-order valence-electron chi connectivity index (χ1n) is 7.91. The molecule has 4 heteroatoms. The summed E-state index contributed by atoms with van der Waals surface area (Å²) in [4.78, 5) is 8.05. The topological polar surface area (TPSA) is 61.0 Å². The Morgan fingerprint density at radius 1 is 1.05 bits per heavy atom. The van der Waals surface area contributed by atoms with Crippen molar-refractivity contribution in [2.75, 3.05) is 6.61 Å². The van der Waals surface area contributed by atoms with Crippen molar-refractivity contribution in [2.45, 2.75) is 44.2 Å². The Morgan fingerprint density at radius 2 is 1.65 bits per heavy atom. The van der Waals surface area contributed by atoms with Gasteiger partial charge >= 0.3 is 0 Å². The molecule has 108 valence electrons. The van der Waals surface area contributed by atoms with Crippen molar-refractivity contribution in [3.05, 3.63) is 24.3 Å². The molecule has 0 aromatic carbocycles. The van der Waals surface area contributed by atoms with Crippen LogP contribution in [0.4, 0.5) is 0 Å². The minimum atomic E-state index is -0.103. The third-order valence-electron chi connectivity index (χ3n) is 5.62. The molecule has 4 aliphatic rings. The molecule has 1 aromatic heterocycles. The summed E-state index contributed by atoms with van der Waals surface area (Å²) in [5.74, 6) is 3.58. The highest BCUT2D eigenvalue weighted by atomic mass is 16.5. The number of ether oxygens (including phenoxy) is 1. The number of aromatic nitrogens is 2. The average molecular weight is 273 g/mol. The van der Waals surface area contributed by atoms with Gasteiger partial charge in [0.25, 0.3) is 0 Å². The molecule has 0 spiro atoms. The van der Waals surface area contributed by atoms with Crippen molar-refractivity contribution in [3.8, 4) is 0 Å². The van der Waals surface area contributed by atoms with Crippen molar-refractivity contribution >= 4 is 0 Å². The second-order valence-corrected chi connectivity index (χ2v) is 7.01. The summed E-state index contributed by atoms with van der Waals surface area (Å²) in [5.41, 5.74) is 7.16. The SMILES string of the molecule is NC(COC1C2CC3CC(C2)CC1C3)c1cncnc1. The Bertz CT molecular complexity index is 436. The van der Waals surface area contributed by atoms with Crippen LogP contribution >= 0.6 is 0 Å². The fourth-order valence-corrected chi connectivity index (χ4v) is 4.96. The number of hydrogen-bond acceptors (Lipinski definition) is 4. The molecule has 2 N–H and O–H groups in total. The normalized spacial score (nSPS) is 40.0. The molecular weight excluding hydrogens is 250 g/mol. The van der Waals surface area contributed by atoms with Gasteiger partial charge in [0.05, 0.1) is 18.8 Å². The molecular formula is C16H23N3O. The quantitative estimate of drug-likeness (QED) is 0.914. The Balaban J connectivity index is 1.38. The van der Waals surface area contributed by atoms with Gasteiger partial charge in [-0.2, -0.15) is 0 Å². The zero-order chi connectivity index (χ0) is 13.5. The van der Waals surface area contributed by atoms with Crippen molar-refractivity contribution in [2.24, 2.45) is 29.4 Å². The van der Waals surface area contributed by atoms with Gasteiger partial charge in [-0.1, -0.05) is 0 Å². The zero-order valence-electron chi connectivity index (χ0n) is 11.8. The molecule has 1 aromatic rings. The lowest BCUT2D eigenvalue weighted by Crippen LogP contribution is -2.49. The van der Waals surface area contributed by atoms with Crippen LogP contribution in [0.25, 0.3) is 0 Å². The van der Waals surface area contributed by atoms with E-state index in [1.807, 2.05) is 0 Å². The molecule has 4 saturated carbocycles. The molecule has 0 amide bonds. The molecule has 5 rings (SSSR count). The van der Waals surface area contributed by atoms with Gasteiger partial charge in [0.15, 0.2) is 0 Å². The van der Waals surface area contributed by atoms with Gasteiger partial charge in [-0.05, 0) is 55.8 Å². The predicted octanol–water partition coefficient (Wildman–Crippen LogP) is 2.32. The molecule has 4 aliphatic carbocycles. The summed E-state index contributed by atoms with van der Waals surface area (Å²) >= 11 is 0. The summed E-state index contributed by atoms with van der Waals surface area (Å²) in [6.45, 7) is 0.598. The monoisotopic (exact) mass is 273 g/mol. The van der Waals surface area contributed by atoms with Crippen molar-refractivity contribution in [1.82, 2.24) is 9.97 Å². The molecule has 4 nitrogen and oxygen atoms in total. The van der Waals surface area contributed by atoms with Gasteiger partial charge in [0, 0.05) is 18.0 Å². The number of nitrogens with two attached hydrogens (primary N) is 1. The molecule has 4 fully saturated rings. The standard InChI is InChI=1S/C16H23N3O/c17-15(14-6-18-9-19-7-14)8-20-16-12-2-10-1-11(4-12)5-13(16)3-10/h6-7,9-13,15-16H,1-5,8,17H2. The van der Waals surface area contributed by atoms with Crippen LogP contribution in [0.3, 0.4) is 0 Å². The van der Waals surface area contributed by atoms with E-state index in [9.17, 15) is 0 Å². The Labute approximate surface area is 120 Å². The van der Waals surface area contributed by atoms with Crippen LogP contribution in [0.1, 0.15) is 43.7 Å². The lowest BCUT2D eigenvalue weighted by atomic mass is 9.55. The highest BCUT2D eigenvalue weighted by molar-refractivity contribution is 5.08. The van der Waals surface area contributed by atoms with Gasteiger partial charge in [-0.15, -0.1) is 0 Å². The summed E-state index contributed by atoms with van der Waals surface area (Å²) in [7, 11) is 0.